The normalized spacial score (nSPS) is 18.1. The maximum atomic E-state index is 5.70. The number of nitrogens with zero attached hydrogens (tertiary/aromatic N) is 5. The molecule has 0 N–H and O–H groups in total. The van der Waals surface area contributed by atoms with Crippen LogP contribution in [0.5, 0.6) is 0 Å². The summed E-state index contributed by atoms with van der Waals surface area (Å²) in [7, 11) is 1.95. The molecule has 0 bridgehead atoms. The van der Waals surface area contributed by atoms with Crippen molar-refractivity contribution in [3.8, 4) is 0 Å². The predicted octanol–water partition coefficient (Wildman–Crippen LogP) is 1.51. The second-order valence-electron chi connectivity index (χ2n) is 5.43. The molecule has 1 atom stereocenters. The molecule has 3 heterocycles. The highest BCUT2D eigenvalue weighted by Crippen LogP contribution is 2.29. The largest absolute Gasteiger partial charge is 0.375 e. The van der Waals surface area contributed by atoms with Gasteiger partial charge in [0, 0.05) is 32.8 Å². The lowest BCUT2D eigenvalue weighted by Gasteiger charge is -2.34. The van der Waals surface area contributed by atoms with Crippen LogP contribution in [0.1, 0.15) is 23.1 Å². The summed E-state index contributed by atoms with van der Waals surface area (Å²) in [5.41, 5.74) is 3.28. The third kappa shape index (κ3) is 3.08. The van der Waals surface area contributed by atoms with Crippen LogP contribution >= 0.6 is 0 Å². The molecule has 0 aliphatic carbocycles. The van der Waals surface area contributed by atoms with Gasteiger partial charge in [-0.15, -0.1) is 11.7 Å². The summed E-state index contributed by atoms with van der Waals surface area (Å²) in [6, 6.07) is 6.11. The standard InChI is InChI=1S/C16H21N5O/c1-3-10-22-12-15-16-14(20(2)19-18-16)7-9-21(15)11-13-6-4-5-8-17-13/h3-6,8,15H,1,7,9-12H2,2H3/t15-/m1/s1. The lowest BCUT2D eigenvalue weighted by Crippen LogP contribution is -2.38. The first kappa shape index (κ1) is 14.9. The first-order valence-electron chi connectivity index (χ1n) is 7.50. The quantitative estimate of drug-likeness (QED) is 0.598. The van der Waals surface area contributed by atoms with Crippen LogP contribution in [-0.4, -0.2) is 44.6 Å². The summed E-state index contributed by atoms with van der Waals surface area (Å²) in [5.74, 6) is 0. The summed E-state index contributed by atoms with van der Waals surface area (Å²) in [4.78, 5) is 6.79. The molecule has 6 nitrogen and oxygen atoms in total. The molecule has 22 heavy (non-hydrogen) atoms. The second kappa shape index (κ2) is 6.81. The minimum Gasteiger partial charge on any atom is -0.375 e. The average Bonchev–Trinajstić information content (AvgIpc) is 2.92. The van der Waals surface area contributed by atoms with Gasteiger partial charge in [0.25, 0.3) is 0 Å². The van der Waals surface area contributed by atoms with Gasteiger partial charge < -0.3 is 4.74 Å². The Morgan fingerprint density at radius 2 is 2.36 bits per heavy atom. The van der Waals surface area contributed by atoms with E-state index in [2.05, 4.69) is 26.8 Å². The highest BCUT2D eigenvalue weighted by atomic mass is 16.5. The van der Waals surface area contributed by atoms with Crippen LogP contribution in [0.15, 0.2) is 37.1 Å². The molecule has 6 heteroatoms. The number of ether oxygens (including phenoxy) is 1. The fraction of sp³-hybridized carbons (Fsp3) is 0.438. The Morgan fingerprint density at radius 1 is 1.45 bits per heavy atom. The molecule has 0 unspecified atom stereocenters. The van der Waals surface area contributed by atoms with Gasteiger partial charge in [0.1, 0.15) is 5.69 Å². The van der Waals surface area contributed by atoms with Gasteiger partial charge in [0.05, 0.1) is 30.6 Å². The number of aromatic nitrogens is 4. The zero-order valence-corrected chi connectivity index (χ0v) is 12.9. The average molecular weight is 299 g/mol. The molecule has 3 rings (SSSR count). The molecule has 0 radical (unpaired) electrons. The molecule has 0 aromatic carbocycles. The summed E-state index contributed by atoms with van der Waals surface area (Å²) >= 11 is 0. The molecule has 0 spiro atoms. The maximum absolute atomic E-state index is 5.70. The Morgan fingerprint density at radius 3 is 3.14 bits per heavy atom. The Labute approximate surface area is 130 Å². The maximum Gasteiger partial charge on any atom is 0.105 e. The van der Waals surface area contributed by atoms with Crippen molar-refractivity contribution in [3.05, 3.63) is 54.1 Å². The van der Waals surface area contributed by atoms with Gasteiger partial charge >= 0.3 is 0 Å². The minimum absolute atomic E-state index is 0.111. The summed E-state index contributed by atoms with van der Waals surface area (Å²) in [6.07, 6.45) is 4.55. The van der Waals surface area contributed by atoms with Crippen LogP contribution in [0.3, 0.4) is 0 Å². The smallest absolute Gasteiger partial charge is 0.105 e. The van der Waals surface area contributed by atoms with Crippen molar-refractivity contribution in [2.45, 2.75) is 19.0 Å². The zero-order valence-electron chi connectivity index (χ0n) is 12.9. The van der Waals surface area contributed by atoms with Crippen LogP contribution in [-0.2, 0) is 24.8 Å². The van der Waals surface area contributed by atoms with E-state index in [9.17, 15) is 0 Å². The highest BCUT2D eigenvalue weighted by molar-refractivity contribution is 5.19. The van der Waals surface area contributed by atoms with Crippen molar-refractivity contribution in [1.29, 1.82) is 0 Å². The van der Waals surface area contributed by atoms with Crippen LogP contribution in [0.2, 0.25) is 0 Å². The fourth-order valence-electron chi connectivity index (χ4n) is 2.86. The first-order valence-corrected chi connectivity index (χ1v) is 7.50. The second-order valence-corrected chi connectivity index (χ2v) is 5.43. The Balaban J connectivity index is 1.80. The van der Waals surface area contributed by atoms with Crippen molar-refractivity contribution in [2.24, 2.45) is 7.05 Å². The molecule has 2 aromatic rings. The molecule has 0 fully saturated rings. The lowest BCUT2D eigenvalue weighted by atomic mass is 10.0. The van der Waals surface area contributed by atoms with E-state index in [0.717, 1.165) is 30.9 Å². The van der Waals surface area contributed by atoms with Crippen molar-refractivity contribution >= 4 is 0 Å². The van der Waals surface area contributed by atoms with E-state index in [4.69, 9.17) is 4.74 Å². The van der Waals surface area contributed by atoms with Gasteiger partial charge in [-0.2, -0.15) is 0 Å². The van der Waals surface area contributed by atoms with Crippen molar-refractivity contribution in [2.75, 3.05) is 19.8 Å². The third-order valence-corrected chi connectivity index (χ3v) is 3.97. The molecular weight excluding hydrogens is 278 g/mol. The van der Waals surface area contributed by atoms with E-state index in [0.29, 0.717) is 13.2 Å². The molecular formula is C16H21N5O. The van der Waals surface area contributed by atoms with Gasteiger partial charge in [-0.25, -0.2) is 0 Å². The molecule has 0 amide bonds. The predicted molar refractivity (Wildman–Crippen MR) is 83.1 cm³/mol. The minimum atomic E-state index is 0.111. The van der Waals surface area contributed by atoms with E-state index in [1.807, 2.05) is 36.1 Å². The molecule has 1 aliphatic rings. The van der Waals surface area contributed by atoms with Crippen LogP contribution in [0.4, 0.5) is 0 Å². The summed E-state index contributed by atoms with van der Waals surface area (Å²) < 4.78 is 7.57. The van der Waals surface area contributed by atoms with E-state index >= 15 is 0 Å². The number of aryl methyl sites for hydroxylation is 1. The third-order valence-electron chi connectivity index (χ3n) is 3.97. The number of fused-ring (bicyclic) bond motifs is 1. The molecule has 0 saturated heterocycles. The number of hydrogen-bond acceptors (Lipinski definition) is 5. The summed E-state index contributed by atoms with van der Waals surface area (Å²) in [6.45, 7) is 6.57. The lowest BCUT2D eigenvalue weighted by molar-refractivity contribution is 0.0593. The zero-order chi connectivity index (χ0) is 15.4. The number of hydrogen-bond donors (Lipinski definition) is 0. The van der Waals surface area contributed by atoms with Crippen molar-refractivity contribution in [1.82, 2.24) is 24.9 Å². The Kier molecular flexibility index (Phi) is 4.60. The number of pyridine rings is 1. The monoisotopic (exact) mass is 299 g/mol. The topological polar surface area (TPSA) is 56.1 Å². The SMILES string of the molecule is C=CCOC[C@@H]1c2nnn(C)c2CCN1Cc1ccccn1. The van der Waals surface area contributed by atoms with E-state index < -0.39 is 0 Å². The number of rotatable bonds is 6. The van der Waals surface area contributed by atoms with Gasteiger partial charge in [-0.05, 0) is 12.1 Å². The Hall–Kier alpha value is -2.05. The summed E-state index contributed by atoms with van der Waals surface area (Å²) in [5, 5.41) is 8.52. The van der Waals surface area contributed by atoms with Gasteiger partial charge in [-0.3, -0.25) is 14.6 Å². The van der Waals surface area contributed by atoms with Gasteiger partial charge in [0.2, 0.25) is 0 Å². The molecule has 2 aromatic heterocycles. The van der Waals surface area contributed by atoms with E-state index in [1.165, 1.54) is 5.69 Å². The van der Waals surface area contributed by atoms with E-state index in [1.54, 1.807) is 6.08 Å². The molecule has 1 aliphatic heterocycles. The van der Waals surface area contributed by atoms with Crippen LogP contribution in [0, 0.1) is 0 Å². The molecule has 0 saturated carbocycles. The Bertz CT molecular complexity index is 625. The van der Waals surface area contributed by atoms with Crippen LogP contribution in [0.25, 0.3) is 0 Å². The first-order chi connectivity index (χ1) is 10.8. The van der Waals surface area contributed by atoms with E-state index in [-0.39, 0.29) is 6.04 Å². The van der Waals surface area contributed by atoms with Gasteiger partial charge in [-0.1, -0.05) is 17.4 Å². The molecule has 116 valence electrons. The van der Waals surface area contributed by atoms with Crippen molar-refractivity contribution < 1.29 is 4.74 Å². The fourth-order valence-corrected chi connectivity index (χ4v) is 2.86. The highest BCUT2D eigenvalue weighted by Gasteiger charge is 2.31. The van der Waals surface area contributed by atoms with Gasteiger partial charge in [0.15, 0.2) is 0 Å². The van der Waals surface area contributed by atoms with Crippen LogP contribution < -0.4 is 0 Å². The van der Waals surface area contributed by atoms with Crippen molar-refractivity contribution in [3.63, 3.8) is 0 Å².